The van der Waals surface area contributed by atoms with Gasteiger partial charge in [0, 0.05) is 6.54 Å². The van der Waals surface area contributed by atoms with E-state index in [4.69, 9.17) is 28.0 Å². The molecule has 13 nitrogen and oxygen atoms in total. The van der Waals surface area contributed by atoms with Gasteiger partial charge in [0.2, 0.25) is 17.7 Å². The maximum absolute atomic E-state index is 13.1. The summed E-state index contributed by atoms with van der Waals surface area (Å²) < 4.78 is 0. The maximum Gasteiger partial charge on any atom is 0.325 e. The monoisotopic (exact) mass is 486 g/mol. The van der Waals surface area contributed by atoms with E-state index in [-0.39, 0.29) is 24.8 Å². The maximum atomic E-state index is 13.1. The van der Waals surface area contributed by atoms with Crippen molar-refractivity contribution in [3.63, 3.8) is 0 Å². The van der Waals surface area contributed by atoms with Crippen LogP contribution in [0.25, 0.3) is 0 Å². The summed E-state index contributed by atoms with van der Waals surface area (Å²) in [4.78, 5) is 53.3. The van der Waals surface area contributed by atoms with Crippen LogP contribution in [-0.4, -0.2) is 72.0 Å². The van der Waals surface area contributed by atoms with Gasteiger partial charge in [-0.2, -0.15) is 0 Å². The Balaban J connectivity index is 5.41. The van der Waals surface area contributed by atoms with Gasteiger partial charge in [-0.05, 0) is 45.1 Å². The van der Waals surface area contributed by atoms with Crippen molar-refractivity contribution in [2.45, 2.75) is 83.5 Å². The number of aliphatic imine (C=N–C) groups is 1. The first-order chi connectivity index (χ1) is 15.9. The summed E-state index contributed by atoms with van der Waals surface area (Å²) in [5.74, 6) is -3.27. The largest absolute Gasteiger partial charge is 0.480 e. The second-order valence-corrected chi connectivity index (χ2v) is 8.34. The first-order valence-electron chi connectivity index (χ1n) is 11.6. The number of hydrogen-bond donors (Lipinski definition) is 8. The molecule has 0 bridgehead atoms. The summed E-state index contributed by atoms with van der Waals surface area (Å²) in [7, 11) is 0. The minimum Gasteiger partial charge on any atom is -0.480 e. The molecule has 0 saturated carbocycles. The number of guanidine groups is 1. The number of hydrogen-bond acceptors (Lipinski definition) is 7. The van der Waals surface area contributed by atoms with Gasteiger partial charge in [-0.1, -0.05) is 26.7 Å². The smallest absolute Gasteiger partial charge is 0.325 e. The number of unbranched alkanes of at least 4 members (excludes halogenated alkanes) is 1. The Morgan fingerprint density at radius 3 is 2.09 bits per heavy atom. The van der Waals surface area contributed by atoms with E-state index < -0.39 is 47.9 Å². The van der Waals surface area contributed by atoms with Crippen molar-refractivity contribution in [1.29, 1.82) is 0 Å². The summed E-state index contributed by atoms with van der Waals surface area (Å²) in [5, 5.41) is 16.8. The third-order valence-electron chi connectivity index (χ3n) is 5.41. The lowest BCUT2D eigenvalue weighted by Gasteiger charge is -2.27. The van der Waals surface area contributed by atoms with Gasteiger partial charge in [-0.15, -0.1) is 0 Å². The van der Waals surface area contributed by atoms with Gasteiger partial charge in [0.1, 0.15) is 18.1 Å². The Labute approximate surface area is 200 Å². The zero-order valence-electron chi connectivity index (χ0n) is 20.4. The van der Waals surface area contributed by atoms with Gasteiger partial charge in [-0.25, -0.2) is 0 Å². The van der Waals surface area contributed by atoms with Gasteiger partial charge >= 0.3 is 5.97 Å². The predicted molar refractivity (Wildman–Crippen MR) is 129 cm³/mol. The minimum atomic E-state index is -1.22. The second kappa shape index (κ2) is 16.6. The molecule has 5 atom stereocenters. The van der Waals surface area contributed by atoms with Crippen LogP contribution in [0, 0.1) is 5.92 Å². The molecule has 0 aromatic carbocycles. The van der Waals surface area contributed by atoms with Crippen molar-refractivity contribution >= 4 is 29.7 Å². The molecular formula is C21H42N8O5. The van der Waals surface area contributed by atoms with E-state index in [9.17, 15) is 19.2 Å². The molecule has 13 heteroatoms. The number of carbonyl (C=O) groups excluding carboxylic acids is 3. The van der Waals surface area contributed by atoms with Crippen LogP contribution >= 0.6 is 0 Å². The van der Waals surface area contributed by atoms with Crippen molar-refractivity contribution in [1.82, 2.24) is 16.0 Å². The zero-order valence-corrected chi connectivity index (χ0v) is 20.4. The summed E-state index contributed by atoms with van der Waals surface area (Å²) >= 11 is 0. The van der Waals surface area contributed by atoms with Crippen LogP contribution in [-0.2, 0) is 19.2 Å². The molecule has 0 saturated heterocycles. The van der Waals surface area contributed by atoms with Crippen LogP contribution in [0.2, 0.25) is 0 Å². The Bertz CT molecular complexity index is 699. The number of nitrogens with one attached hydrogen (secondary N) is 3. The quantitative estimate of drug-likeness (QED) is 0.0649. The molecule has 0 rings (SSSR count). The molecule has 5 unspecified atom stereocenters. The van der Waals surface area contributed by atoms with Crippen molar-refractivity contribution in [2.75, 3.05) is 13.1 Å². The standard InChI is InChI=1S/C21H42N8O5/c1-4-12(2)16(29-17(30)14(23)8-5-6-10-22)19(32)28-15(9-7-11-26-21(24)25)18(31)27-13(3)20(33)34/h12-16H,4-11,22-23H2,1-3H3,(H,27,31)(H,28,32)(H,29,30)(H,33,34)(H4,24,25,26). The molecule has 3 amide bonds. The van der Waals surface area contributed by atoms with Crippen molar-refractivity contribution in [3.8, 4) is 0 Å². The molecule has 0 aromatic rings. The van der Waals surface area contributed by atoms with E-state index in [0.29, 0.717) is 32.2 Å². The molecule has 196 valence electrons. The van der Waals surface area contributed by atoms with E-state index in [1.165, 1.54) is 6.92 Å². The number of carboxylic acid groups (broad SMARTS) is 1. The van der Waals surface area contributed by atoms with Crippen molar-refractivity contribution in [2.24, 2.45) is 33.8 Å². The van der Waals surface area contributed by atoms with Crippen LogP contribution in [0.1, 0.15) is 59.3 Å². The highest BCUT2D eigenvalue weighted by Crippen LogP contribution is 2.11. The molecule has 12 N–H and O–H groups in total. The number of carboxylic acids is 1. The first-order valence-corrected chi connectivity index (χ1v) is 11.6. The number of nitrogens with two attached hydrogens (primary N) is 4. The molecule has 0 spiro atoms. The van der Waals surface area contributed by atoms with E-state index in [1.54, 1.807) is 6.92 Å². The Morgan fingerprint density at radius 2 is 1.56 bits per heavy atom. The molecule has 34 heavy (non-hydrogen) atoms. The third-order valence-corrected chi connectivity index (χ3v) is 5.41. The predicted octanol–water partition coefficient (Wildman–Crippen LogP) is -1.90. The fourth-order valence-electron chi connectivity index (χ4n) is 3.01. The number of aliphatic carboxylic acids is 1. The molecule has 0 aromatic heterocycles. The lowest BCUT2D eigenvalue weighted by Crippen LogP contribution is -2.58. The van der Waals surface area contributed by atoms with Crippen molar-refractivity contribution < 1.29 is 24.3 Å². The molecule has 0 fully saturated rings. The lowest BCUT2D eigenvalue weighted by atomic mass is 9.96. The van der Waals surface area contributed by atoms with Gasteiger partial charge in [0.15, 0.2) is 5.96 Å². The average molecular weight is 487 g/mol. The SMILES string of the molecule is CCC(C)C(NC(=O)C(N)CCCCN)C(=O)NC(CCCN=C(N)N)C(=O)NC(C)C(=O)O. The van der Waals surface area contributed by atoms with Gasteiger partial charge in [0.05, 0.1) is 6.04 Å². The fourth-order valence-corrected chi connectivity index (χ4v) is 3.01. The summed E-state index contributed by atoms with van der Waals surface area (Å²) in [6, 6.07) is -3.92. The van der Waals surface area contributed by atoms with Crippen molar-refractivity contribution in [3.05, 3.63) is 0 Å². The fraction of sp³-hybridized carbons (Fsp3) is 0.762. The number of nitrogens with zero attached hydrogens (tertiary/aromatic N) is 1. The molecule has 0 aliphatic heterocycles. The molecule has 0 aliphatic rings. The van der Waals surface area contributed by atoms with Crippen LogP contribution in [0.4, 0.5) is 0 Å². The lowest BCUT2D eigenvalue weighted by molar-refractivity contribution is -0.142. The molecular weight excluding hydrogens is 444 g/mol. The highest BCUT2D eigenvalue weighted by Gasteiger charge is 2.31. The van der Waals surface area contributed by atoms with Gasteiger partial charge in [-0.3, -0.25) is 24.2 Å². The van der Waals surface area contributed by atoms with Crippen LogP contribution in [0.5, 0.6) is 0 Å². The van der Waals surface area contributed by atoms with E-state index in [0.717, 1.165) is 6.42 Å². The van der Waals surface area contributed by atoms with Crippen LogP contribution in [0.3, 0.4) is 0 Å². The Kier molecular flexibility index (Phi) is 15.2. The Hall–Kier alpha value is -2.93. The number of rotatable bonds is 17. The Morgan fingerprint density at radius 1 is 0.912 bits per heavy atom. The summed E-state index contributed by atoms with van der Waals surface area (Å²) in [6.45, 7) is 5.70. The van der Waals surface area contributed by atoms with E-state index in [1.807, 2.05) is 6.92 Å². The van der Waals surface area contributed by atoms with E-state index in [2.05, 4.69) is 20.9 Å². The second-order valence-electron chi connectivity index (χ2n) is 8.34. The molecule has 0 heterocycles. The van der Waals surface area contributed by atoms with E-state index >= 15 is 0 Å². The first kappa shape index (κ1) is 31.1. The summed E-state index contributed by atoms with van der Waals surface area (Å²) in [5.41, 5.74) is 22.0. The van der Waals surface area contributed by atoms with Crippen LogP contribution < -0.4 is 38.9 Å². The number of amides is 3. The molecule has 0 aliphatic carbocycles. The topological polar surface area (TPSA) is 241 Å². The third kappa shape index (κ3) is 12.3. The average Bonchev–Trinajstić information content (AvgIpc) is 2.78. The normalized spacial score (nSPS) is 15.2. The van der Waals surface area contributed by atoms with Crippen LogP contribution in [0.15, 0.2) is 4.99 Å². The number of carbonyl (C=O) groups is 4. The minimum absolute atomic E-state index is 0.105. The zero-order chi connectivity index (χ0) is 26.3. The summed E-state index contributed by atoms with van der Waals surface area (Å²) in [6.07, 6.45) is 2.94. The van der Waals surface area contributed by atoms with Gasteiger partial charge in [0.25, 0.3) is 0 Å². The molecule has 0 radical (unpaired) electrons. The van der Waals surface area contributed by atoms with Gasteiger partial charge < -0.3 is 44.0 Å². The highest BCUT2D eigenvalue weighted by atomic mass is 16.4. The highest BCUT2D eigenvalue weighted by molar-refractivity contribution is 5.94.